The highest BCUT2D eigenvalue weighted by molar-refractivity contribution is 7.90. The van der Waals surface area contributed by atoms with Gasteiger partial charge in [0.1, 0.15) is 9.84 Å². The van der Waals surface area contributed by atoms with Gasteiger partial charge in [0.05, 0.1) is 32.0 Å². The van der Waals surface area contributed by atoms with Crippen LogP contribution < -0.4 is 63.4 Å². The van der Waals surface area contributed by atoms with E-state index in [9.17, 15) is 67.2 Å². The average molecular weight is 1280 g/mol. The SMILES string of the molecule is CC(=O)N(C)C.CC(=O)N1CCOCC1.CC(=O)NC1CCCNC1.CC(=O)NCCCN.CC(=O)N[C@H]1CCCNC1.CN(C)S(C)(=O)=O.CNCCCNC(C)=O.CNCCNC(C)=O.CNS(C)(=O)=O.CS(C)(=O)=O.CS(N)(=O)=O. The molecule has 14 N–H and O–H groups in total. The van der Waals surface area contributed by atoms with Gasteiger partial charge in [0.15, 0.2) is 0 Å². The van der Waals surface area contributed by atoms with Gasteiger partial charge in [-0.2, -0.15) is 0 Å². The maximum Gasteiger partial charge on any atom is 0.219 e. The predicted octanol–water partition coefficient (Wildman–Crippen LogP) is -4.51. The maximum atomic E-state index is 10.7. The molecule has 3 aliphatic rings. The first-order valence-electron chi connectivity index (χ1n) is 26.4. The molecule has 31 nitrogen and oxygen atoms in total. The van der Waals surface area contributed by atoms with E-state index >= 15 is 0 Å². The van der Waals surface area contributed by atoms with E-state index < -0.39 is 39.9 Å². The van der Waals surface area contributed by atoms with Crippen molar-refractivity contribution < 1.29 is 72.0 Å². The third-order valence-corrected chi connectivity index (χ3v) is 11.1. The van der Waals surface area contributed by atoms with Crippen LogP contribution in [0.4, 0.5) is 0 Å². The largest absolute Gasteiger partial charge is 0.378 e. The number of likely N-dealkylation sites (N-methyl/N-ethyl adjacent to an activating group) is 1. The number of amides is 7. The molecule has 2 atom stereocenters. The first-order valence-corrected chi connectivity index (χ1v) is 34.4. The Morgan fingerprint density at radius 3 is 1.08 bits per heavy atom. The van der Waals surface area contributed by atoms with Gasteiger partial charge >= 0.3 is 0 Å². The Labute approximate surface area is 500 Å². The zero-order valence-electron chi connectivity index (χ0n) is 53.5. The molecule has 35 heteroatoms. The standard InChI is InChI=1S/2C7H14N2O.C6H14N2O.C6H11NO2.2C5H12N2O.C4H9NO.C3H9NO2S.C2H7NO2S.C2H6O2S.CH5NO2S/c2*1-6(10)9-7-3-2-4-8-5-7;1-6(9)8-5-3-4-7-2;1-6(8)7-2-4-9-5-3-7;1-5(8)7-4-3-6-2;1-5(8)7-4-2-3-6;1-4(6)5(2)3;1-4(2)7(3,5)6;1-3-6(2,4)5;2*1-5(2,3)4/h2*7-8H,2-5H2,1H3,(H,9,10);7H,3-5H2,1-2H3,(H,8,9);2-5H2,1H3;6H,3-4H2,1-2H3,(H,7,8);2-4,6H2,1H3,(H,7,8);1-3H3;1-3H3;3H,1-2H3;1-2H3;1H3,(H2,2,3,4)/t7-;;;;;;;;;;/m0........../s1. The number of rotatable bonds is 14. The number of nitrogens with zero attached hydrogens (tertiary/aromatic N) is 3. The van der Waals surface area contributed by atoms with Crippen molar-refractivity contribution in [2.75, 3.05) is 172 Å². The van der Waals surface area contributed by atoms with Crippen molar-refractivity contribution >= 4 is 81.3 Å². The molecule has 3 rings (SSSR count). The summed E-state index contributed by atoms with van der Waals surface area (Å²) >= 11 is 0. The molecule has 0 aromatic heterocycles. The van der Waals surface area contributed by atoms with Crippen LogP contribution in [0.1, 0.15) is 87.0 Å². The van der Waals surface area contributed by atoms with Gasteiger partial charge in [-0.05, 0) is 85.8 Å². The van der Waals surface area contributed by atoms with Crippen molar-refractivity contribution in [1.82, 2.24) is 66.7 Å². The lowest BCUT2D eigenvalue weighted by Gasteiger charge is -2.25. The van der Waals surface area contributed by atoms with Gasteiger partial charge in [0, 0.05) is 154 Å². The van der Waals surface area contributed by atoms with Gasteiger partial charge in [-0.15, -0.1) is 0 Å². The minimum atomic E-state index is -3.17. The smallest absolute Gasteiger partial charge is 0.219 e. The van der Waals surface area contributed by atoms with Gasteiger partial charge in [-0.25, -0.2) is 47.8 Å². The van der Waals surface area contributed by atoms with Crippen LogP contribution in [0.2, 0.25) is 0 Å². The van der Waals surface area contributed by atoms with Gasteiger partial charge in [-0.3, -0.25) is 33.6 Å². The lowest BCUT2D eigenvalue weighted by atomic mass is 10.1. The Bertz CT molecular complexity index is 2010. The summed E-state index contributed by atoms with van der Waals surface area (Å²) in [7, 11) is -0.0970. The van der Waals surface area contributed by atoms with E-state index in [1.807, 2.05) is 14.1 Å². The molecule has 0 aromatic rings. The fourth-order valence-corrected chi connectivity index (χ4v) is 4.66. The van der Waals surface area contributed by atoms with E-state index in [1.54, 1.807) is 39.8 Å². The summed E-state index contributed by atoms with van der Waals surface area (Å²) in [6.07, 6.45) is 12.0. The highest BCUT2D eigenvalue weighted by atomic mass is 32.2. The summed E-state index contributed by atoms with van der Waals surface area (Å²) in [5.41, 5.74) is 5.16. The summed E-state index contributed by atoms with van der Waals surface area (Å²) in [6.45, 7) is 22.4. The van der Waals surface area contributed by atoms with E-state index in [-0.39, 0.29) is 41.4 Å². The third kappa shape index (κ3) is 121. The normalized spacial score (nSPS) is 14.9. The molecule has 0 radical (unpaired) electrons. The molecule has 0 aromatic carbocycles. The zero-order valence-corrected chi connectivity index (χ0v) is 56.7. The van der Waals surface area contributed by atoms with E-state index in [0.29, 0.717) is 44.9 Å². The fraction of sp³-hybridized carbons (Fsp3) is 0.854. The van der Waals surface area contributed by atoms with Crippen molar-refractivity contribution in [2.24, 2.45) is 10.9 Å². The van der Waals surface area contributed by atoms with E-state index in [2.05, 4.69) is 57.7 Å². The molecule has 7 amide bonds. The van der Waals surface area contributed by atoms with Crippen LogP contribution in [-0.4, -0.2) is 274 Å². The molecule has 500 valence electrons. The summed E-state index contributed by atoms with van der Waals surface area (Å²) in [6, 6.07) is 0.734. The molecule has 3 fully saturated rings. The minimum Gasteiger partial charge on any atom is -0.378 e. The van der Waals surface area contributed by atoms with Gasteiger partial charge in [0.25, 0.3) is 0 Å². The number of ether oxygens (including phenoxy) is 1. The monoisotopic (exact) mass is 1280 g/mol. The Morgan fingerprint density at radius 1 is 0.566 bits per heavy atom. The Balaban J connectivity index is -0.000000125. The van der Waals surface area contributed by atoms with Crippen molar-refractivity contribution in [3.63, 3.8) is 0 Å². The third-order valence-electron chi connectivity index (χ3n) is 9.01. The molecule has 3 saturated heterocycles. The lowest BCUT2D eigenvalue weighted by Crippen LogP contribution is -2.44. The number of carbonyl (C=O) groups is 7. The van der Waals surface area contributed by atoms with Gasteiger partial charge < -0.3 is 68.1 Å². The molecular weight excluding hydrogens is 1170 g/mol. The number of piperidine rings is 2. The summed E-state index contributed by atoms with van der Waals surface area (Å²) in [4.78, 5) is 75.8. The fourth-order valence-electron chi connectivity index (χ4n) is 4.66. The van der Waals surface area contributed by atoms with E-state index in [4.69, 9.17) is 10.5 Å². The highest BCUT2D eigenvalue weighted by Crippen LogP contribution is 2.01. The topological polar surface area (TPSA) is 447 Å². The maximum absolute atomic E-state index is 10.7. The Hall–Kier alpha value is -4.27. The van der Waals surface area contributed by atoms with Crippen LogP contribution in [0.3, 0.4) is 0 Å². The lowest BCUT2D eigenvalue weighted by molar-refractivity contribution is -0.133. The van der Waals surface area contributed by atoms with Crippen LogP contribution >= 0.6 is 0 Å². The number of nitrogens with two attached hydrogens (primary N) is 2. The van der Waals surface area contributed by atoms with Gasteiger partial charge in [0.2, 0.25) is 71.4 Å². The Kier molecular flexibility index (Phi) is 69.7. The number of nitrogens with one attached hydrogen (secondary N) is 10. The second kappa shape index (κ2) is 60.8. The first kappa shape index (κ1) is 95.1. The van der Waals surface area contributed by atoms with Crippen molar-refractivity contribution in [3.05, 3.63) is 0 Å². The molecule has 1 unspecified atom stereocenters. The minimum absolute atomic E-state index is 0.0125. The van der Waals surface area contributed by atoms with E-state index in [1.165, 1.54) is 66.6 Å². The molecule has 0 bridgehead atoms. The molecule has 83 heavy (non-hydrogen) atoms. The van der Waals surface area contributed by atoms with E-state index in [0.717, 1.165) is 120 Å². The number of hydrogen-bond donors (Lipinski definition) is 12. The van der Waals surface area contributed by atoms with Crippen molar-refractivity contribution in [1.29, 1.82) is 0 Å². The van der Waals surface area contributed by atoms with Crippen molar-refractivity contribution in [2.45, 2.75) is 99.1 Å². The number of primary sulfonamides is 1. The summed E-state index contributed by atoms with van der Waals surface area (Å²) < 4.78 is 86.7. The number of morpholine rings is 1. The van der Waals surface area contributed by atoms with Crippen LogP contribution in [-0.2, 0) is 78.2 Å². The number of hydrogen-bond acceptors (Lipinski definition) is 21. The van der Waals surface area contributed by atoms with Gasteiger partial charge in [-0.1, -0.05) is 0 Å². The molecule has 0 saturated carbocycles. The summed E-state index contributed by atoms with van der Waals surface area (Å²) in [5.74, 6) is 0.487. The molecule has 3 heterocycles. The summed E-state index contributed by atoms with van der Waals surface area (Å²) in [5, 5.41) is 30.4. The second-order valence-corrected chi connectivity index (χ2v) is 26.8. The van der Waals surface area contributed by atoms with Crippen LogP contribution in [0, 0.1) is 0 Å². The zero-order chi connectivity index (χ0) is 66.8. The number of carbonyl (C=O) groups excluding carboxylic acids is 7. The number of sulfonamides is 3. The van der Waals surface area contributed by atoms with Crippen LogP contribution in [0.25, 0.3) is 0 Å². The molecule has 0 aliphatic carbocycles. The Morgan fingerprint density at radius 2 is 0.880 bits per heavy atom. The molecule has 3 aliphatic heterocycles. The number of sulfone groups is 1. The van der Waals surface area contributed by atoms with Crippen LogP contribution in [0.5, 0.6) is 0 Å². The van der Waals surface area contributed by atoms with Crippen LogP contribution in [0.15, 0.2) is 0 Å². The molecular formula is C48H113N15O16S4. The quantitative estimate of drug-likeness (QED) is 0.0729. The second-order valence-electron chi connectivity index (χ2n) is 18.7. The van der Waals surface area contributed by atoms with Crippen molar-refractivity contribution in [3.8, 4) is 0 Å². The first-order chi connectivity index (χ1) is 37.8. The average Bonchev–Trinajstić information content (AvgIpc) is 3.33. The molecule has 0 spiro atoms. The predicted molar refractivity (Wildman–Crippen MR) is 331 cm³/mol. The highest BCUT2D eigenvalue weighted by Gasteiger charge is 2.14.